The third-order valence-electron chi connectivity index (χ3n) is 2.53. The molecule has 0 aliphatic carbocycles. The van der Waals surface area contributed by atoms with Crippen molar-refractivity contribution in [1.82, 2.24) is 10.5 Å². The first-order valence-corrected chi connectivity index (χ1v) is 5.59. The minimum Gasteiger partial charge on any atom is -0.394 e. The van der Waals surface area contributed by atoms with Gasteiger partial charge in [0.2, 0.25) is 5.91 Å². The molecule has 0 spiro atoms. The molecule has 0 saturated heterocycles. The predicted molar refractivity (Wildman–Crippen MR) is 63.8 cm³/mol. The molecule has 0 fully saturated rings. The molecule has 1 heterocycles. The molecule has 3 N–H and O–H groups in total. The topological polar surface area (TPSA) is 95.6 Å². The number of nitrogens with one attached hydrogen (secondary N) is 1. The van der Waals surface area contributed by atoms with Crippen LogP contribution in [0.1, 0.15) is 5.69 Å². The summed E-state index contributed by atoms with van der Waals surface area (Å²) in [5, 5.41) is 24.9. The highest BCUT2D eigenvalue weighted by atomic mass is 16.5. The van der Waals surface area contributed by atoms with Crippen LogP contribution in [0.25, 0.3) is 11.0 Å². The highest BCUT2D eigenvalue weighted by Gasteiger charge is 2.12. The highest BCUT2D eigenvalue weighted by Crippen LogP contribution is 2.17. The Kier molecular flexibility index (Phi) is 3.91. The number of rotatable bonds is 5. The van der Waals surface area contributed by atoms with Crippen LogP contribution in [0.3, 0.4) is 0 Å². The number of hydrogen-bond acceptors (Lipinski definition) is 5. The maximum absolute atomic E-state index is 11.6. The Morgan fingerprint density at radius 1 is 1.44 bits per heavy atom. The minimum absolute atomic E-state index is 0.0190. The van der Waals surface area contributed by atoms with Gasteiger partial charge >= 0.3 is 0 Å². The number of fused-ring (bicyclic) bond motifs is 1. The third kappa shape index (κ3) is 2.85. The molecular weight excluding hydrogens is 236 g/mol. The van der Waals surface area contributed by atoms with Crippen molar-refractivity contribution >= 4 is 16.9 Å². The lowest BCUT2D eigenvalue weighted by Gasteiger charge is -2.07. The number of aliphatic hydroxyl groups is 2. The number of carbonyl (C=O) groups is 1. The van der Waals surface area contributed by atoms with Gasteiger partial charge in [0, 0.05) is 11.9 Å². The van der Waals surface area contributed by atoms with Crippen molar-refractivity contribution in [3.05, 3.63) is 30.0 Å². The number of aliphatic hydroxyl groups excluding tert-OH is 2. The zero-order chi connectivity index (χ0) is 13.0. The van der Waals surface area contributed by atoms with Crippen LogP contribution in [-0.2, 0) is 11.2 Å². The Hall–Kier alpha value is -1.92. The SMILES string of the molecule is O=C(Cc1noc2ccccc12)NCC(O)CO. The number of hydrogen-bond donors (Lipinski definition) is 3. The molecule has 0 aliphatic heterocycles. The largest absolute Gasteiger partial charge is 0.394 e. The van der Waals surface area contributed by atoms with Gasteiger partial charge in [0.1, 0.15) is 5.69 Å². The second-order valence-electron chi connectivity index (χ2n) is 3.94. The fourth-order valence-electron chi connectivity index (χ4n) is 1.58. The number of para-hydroxylation sites is 1. The standard InChI is InChI=1S/C12H14N2O4/c15-7-8(16)6-13-12(17)5-10-9-3-1-2-4-11(9)18-14-10/h1-4,8,15-16H,5-7H2,(H,13,17). The van der Waals surface area contributed by atoms with Crippen LogP contribution in [0.15, 0.2) is 28.8 Å². The first-order chi connectivity index (χ1) is 8.70. The smallest absolute Gasteiger partial charge is 0.226 e. The number of carbonyl (C=O) groups excluding carboxylic acids is 1. The van der Waals surface area contributed by atoms with Crippen LogP contribution in [0.2, 0.25) is 0 Å². The maximum Gasteiger partial charge on any atom is 0.226 e. The summed E-state index contributed by atoms with van der Waals surface area (Å²) in [6.45, 7) is -0.363. The molecule has 6 heteroatoms. The van der Waals surface area contributed by atoms with Crippen LogP contribution in [0.4, 0.5) is 0 Å². The van der Waals surface area contributed by atoms with Crippen LogP contribution in [0.5, 0.6) is 0 Å². The summed E-state index contributed by atoms with van der Waals surface area (Å²) >= 11 is 0. The highest BCUT2D eigenvalue weighted by molar-refractivity contribution is 5.86. The first-order valence-electron chi connectivity index (χ1n) is 5.59. The van der Waals surface area contributed by atoms with E-state index in [1.54, 1.807) is 6.07 Å². The summed E-state index contributed by atoms with van der Waals surface area (Å²) in [6, 6.07) is 7.28. The van der Waals surface area contributed by atoms with Crippen molar-refractivity contribution in [3.8, 4) is 0 Å². The van der Waals surface area contributed by atoms with E-state index in [-0.39, 0.29) is 25.5 Å². The molecule has 1 aromatic carbocycles. The van der Waals surface area contributed by atoms with Gasteiger partial charge in [-0.25, -0.2) is 0 Å². The number of benzene rings is 1. The van der Waals surface area contributed by atoms with Gasteiger partial charge in [0.05, 0.1) is 19.1 Å². The van der Waals surface area contributed by atoms with E-state index in [2.05, 4.69) is 10.5 Å². The molecule has 96 valence electrons. The Morgan fingerprint density at radius 2 is 2.22 bits per heavy atom. The van der Waals surface area contributed by atoms with E-state index in [0.29, 0.717) is 11.3 Å². The van der Waals surface area contributed by atoms with Crippen molar-refractivity contribution in [3.63, 3.8) is 0 Å². The monoisotopic (exact) mass is 250 g/mol. The molecular formula is C12H14N2O4. The first kappa shape index (κ1) is 12.5. The molecule has 0 bridgehead atoms. The van der Waals surface area contributed by atoms with E-state index in [1.807, 2.05) is 18.2 Å². The van der Waals surface area contributed by atoms with E-state index in [9.17, 15) is 4.79 Å². The molecule has 18 heavy (non-hydrogen) atoms. The van der Waals surface area contributed by atoms with E-state index >= 15 is 0 Å². The number of nitrogens with zero attached hydrogens (tertiary/aromatic N) is 1. The van der Waals surface area contributed by atoms with E-state index in [0.717, 1.165) is 5.39 Å². The van der Waals surface area contributed by atoms with Gasteiger partial charge in [-0.15, -0.1) is 0 Å². The van der Waals surface area contributed by atoms with Gasteiger partial charge in [-0.05, 0) is 12.1 Å². The van der Waals surface area contributed by atoms with Crippen molar-refractivity contribution in [2.45, 2.75) is 12.5 Å². The normalized spacial score (nSPS) is 12.6. The Morgan fingerprint density at radius 3 is 3.00 bits per heavy atom. The summed E-state index contributed by atoms with van der Waals surface area (Å²) in [6.07, 6.45) is -0.863. The molecule has 1 amide bonds. The fourth-order valence-corrected chi connectivity index (χ4v) is 1.58. The van der Waals surface area contributed by atoms with Crippen LogP contribution in [-0.4, -0.2) is 40.5 Å². The summed E-state index contributed by atoms with van der Waals surface area (Å²) in [4.78, 5) is 11.6. The third-order valence-corrected chi connectivity index (χ3v) is 2.53. The molecule has 1 aromatic heterocycles. The molecule has 6 nitrogen and oxygen atoms in total. The molecule has 2 rings (SSSR count). The van der Waals surface area contributed by atoms with Crippen molar-refractivity contribution in [2.75, 3.05) is 13.2 Å². The summed E-state index contributed by atoms with van der Waals surface area (Å²) < 4.78 is 5.08. The van der Waals surface area contributed by atoms with Gasteiger partial charge < -0.3 is 20.1 Å². The summed E-state index contributed by atoms with van der Waals surface area (Å²) in [7, 11) is 0. The lowest BCUT2D eigenvalue weighted by Crippen LogP contribution is -2.34. The molecule has 1 unspecified atom stereocenters. The van der Waals surface area contributed by atoms with E-state index in [4.69, 9.17) is 14.7 Å². The van der Waals surface area contributed by atoms with Crippen molar-refractivity contribution < 1.29 is 19.5 Å². The Balaban J connectivity index is 1.99. The maximum atomic E-state index is 11.6. The predicted octanol–water partition coefficient (Wildman–Crippen LogP) is -0.160. The second kappa shape index (κ2) is 5.61. The van der Waals surface area contributed by atoms with E-state index in [1.165, 1.54) is 0 Å². The average molecular weight is 250 g/mol. The van der Waals surface area contributed by atoms with Crippen LogP contribution < -0.4 is 5.32 Å². The van der Waals surface area contributed by atoms with E-state index < -0.39 is 6.10 Å². The van der Waals surface area contributed by atoms with Crippen molar-refractivity contribution in [2.24, 2.45) is 0 Å². The second-order valence-corrected chi connectivity index (χ2v) is 3.94. The average Bonchev–Trinajstić information content (AvgIpc) is 2.79. The number of aromatic nitrogens is 1. The van der Waals surface area contributed by atoms with Gasteiger partial charge in [0.15, 0.2) is 5.58 Å². The lowest BCUT2D eigenvalue weighted by molar-refractivity contribution is -0.121. The quantitative estimate of drug-likeness (QED) is 0.685. The van der Waals surface area contributed by atoms with Crippen LogP contribution in [0, 0.1) is 0 Å². The lowest BCUT2D eigenvalue weighted by atomic mass is 10.1. The Bertz CT molecular complexity index is 538. The summed E-state index contributed by atoms with van der Waals surface area (Å²) in [5.41, 5.74) is 1.19. The molecule has 1 atom stereocenters. The molecule has 0 radical (unpaired) electrons. The zero-order valence-corrected chi connectivity index (χ0v) is 9.67. The zero-order valence-electron chi connectivity index (χ0n) is 9.67. The van der Waals surface area contributed by atoms with Gasteiger partial charge in [-0.2, -0.15) is 0 Å². The molecule has 0 aliphatic rings. The summed E-state index contributed by atoms with van der Waals surface area (Å²) in [5.74, 6) is -0.276. The minimum atomic E-state index is -0.942. The van der Waals surface area contributed by atoms with Gasteiger partial charge in [-0.1, -0.05) is 17.3 Å². The molecule has 0 saturated carbocycles. The van der Waals surface area contributed by atoms with Gasteiger partial charge in [-0.3, -0.25) is 4.79 Å². The number of amides is 1. The van der Waals surface area contributed by atoms with Gasteiger partial charge in [0.25, 0.3) is 0 Å². The Labute approximate surface area is 103 Å². The van der Waals surface area contributed by atoms with Crippen molar-refractivity contribution in [1.29, 1.82) is 0 Å². The molecule has 2 aromatic rings. The fraction of sp³-hybridized carbons (Fsp3) is 0.333. The van der Waals surface area contributed by atoms with Crippen LogP contribution >= 0.6 is 0 Å².